The summed E-state index contributed by atoms with van der Waals surface area (Å²) in [6.45, 7) is 2.75. The van der Waals surface area contributed by atoms with Gasteiger partial charge in [0.05, 0.1) is 26.0 Å². The van der Waals surface area contributed by atoms with Gasteiger partial charge in [0.1, 0.15) is 0 Å². The number of esters is 1. The zero-order valence-electron chi connectivity index (χ0n) is 12.0. The Morgan fingerprint density at radius 2 is 2.05 bits per heavy atom. The average Bonchev–Trinajstić information content (AvgIpc) is 2.54. The highest BCUT2D eigenvalue weighted by Crippen LogP contribution is 2.34. The lowest BCUT2D eigenvalue weighted by molar-refractivity contribution is 0.0594. The molecule has 3 rings (SSSR count). The molecule has 0 saturated carbocycles. The molecule has 0 radical (unpaired) electrons. The lowest BCUT2D eigenvalue weighted by Gasteiger charge is -2.30. The summed E-state index contributed by atoms with van der Waals surface area (Å²) in [5.74, 6) is -0.418. The van der Waals surface area contributed by atoms with Gasteiger partial charge in [0.15, 0.2) is 5.69 Å². The topological polar surface area (TPSA) is 51.7 Å². The van der Waals surface area contributed by atoms with Crippen LogP contribution >= 0.6 is 32.9 Å². The van der Waals surface area contributed by atoms with E-state index in [1.807, 2.05) is 18.2 Å². The van der Waals surface area contributed by atoms with Gasteiger partial charge in [-0.25, -0.2) is 9.78 Å². The quantitative estimate of drug-likeness (QED) is 0.683. The summed E-state index contributed by atoms with van der Waals surface area (Å²) < 4.78 is 11.2. The van der Waals surface area contributed by atoms with E-state index >= 15 is 0 Å². The van der Waals surface area contributed by atoms with Gasteiger partial charge in [-0.3, -0.25) is 0 Å². The molecule has 1 aromatic heterocycles. The Kier molecular flexibility index (Phi) is 5.77. The van der Waals surface area contributed by atoms with Gasteiger partial charge in [-0.15, -0.1) is 17.0 Å². The van der Waals surface area contributed by atoms with E-state index in [1.54, 1.807) is 6.20 Å². The maximum absolute atomic E-state index is 12.1. The van der Waals surface area contributed by atoms with E-state index in [0.717, 1.165) is 34.0 Å². The summed E-state index contributed by atoms with van der Waals surface area (Å²) in [6.07, 6.45) is 1.70. The van der Waals surface area contributed by atoms with Crippen LogP contribution in [0.4, 0.5) is 5.69 Å². The Morgan fingerprint density at radius 1 is 1.32 bits per heavy atom. The number of hydrogen-bond acceptors (Lipinski definition) is 5. The normalized spacial score (nSPS) is 14.5. The van der Waals surface area contributed by atoms with Gasteiger partial charge in [-0.1, -0.05) is 28.1 Å². The highest BCUT2D eigenvalue weighted by molar-refractivity contribution is 9.10. The predicted molar refractivity (Wildman–Crippen MR) is 94.1 cm³/mol. The zero-order chi connectivity index (χ0) is 14.8. The van der Waals surface area contributed by atoms with E-state index in [0.29, 0.717) is 18.9 Å². The van der Waals surface area contributed by atoms with Crippen molar-refractivity contribution in [3.8, 4) is 0 Å². The van der Waals surface area contributed by atoms with Crippen molar-refractivity contribution in [1.29, 1.82) is 0 Å². The maximum atomic E-state index is 12.1. The number of pyridine rings is 1. The van der Waals surface area contributed by atoms with Gasteiger partial charge in [0, 0.05) is 34.5 Å². The van der Waals surface area contributed by atoms with E-state index < -0.39 is 5.97 Å². The second kappa shape index (κ2) is 7.39. The molecule has 2 heterocycles. The summed E-state index contributed by atoms with van der Waals surface area (Å²) in [6, 6.07) is 5.92. The Labute approximate surface area is 147 Å². The summed E-state index contributed by atoms with van der Waals surface area (Å²) in [5.41, 5.74) is 1.17. The summed E-state index contributed by atoms with van der Waals surface area (Å²) >= 11 is 3.53. The van der Waals surface area contributed by atoms with E-state index in [2.05, 4.69) is 25.8 Å². The number of methoxy groups -OCH3 is 1. The molecule has 0 spiro atoms. The number of aromatic nitrogens is 1. The van der Waals surface area contributed by atoms with Gasteiger partial charge in [0.25, 0.3) is 0 Å². The van der Waals surface area contributed by atoms with Crippen LogP contribution in [0.2, 0.25) is 0 Å². The van der Waals surface area contributed by atoms with Crippen LogP contribution in [-0.4, -0.2) is 44.4 Å². The van der Waals surface area contributed by atoms with Crippen LogP contribution in [0.5, 0.6) is 0 Å². The van der Waals surface area contributed by atoms with E-state index in [1.165, 1.54) is 7.11 Å². The van der Waals surface area contributed by atoms with Gasteiger partial charge >= 0.3 is 5.97 Å². The van der Waals surface area contributed by atoms with Crippen molar-refractivity contribution in [3.05, 3.63) is 34.6 Å². The molecule has 0 N–H and O–H groups in total. The van der Waals surface area contributed by atoms with Crippen molar-refractivity contribution >= 4 is 55.3 Å². The lowest BCUT2D eigenvalue weighted by Crippen LogP contribution is -2.37. The third-order valence-corrected chi connectivity index (χ3v) is 4.25. The Morgan fingerprint density at radius 3 is 2.73 bits per heavy atom. The minimum Gasteiger partial charge on any atom is -0.464 e. The molecule has 0 amide bonds. The van der Waals surface area contributed by atoms with Crippen molar-refractivity contribution in [2.24, 2.45) is 0 Å². The molecule has 22 heavy (non-hydrogen) atoms. The molecule has 0 atom stereocenters. The monoisotopic (exact) mass is 430 g/mol. The number of morpholine rings is 1. The van der Waals surface area contributed by atoms with Crippen molar-refractivity contribution in [1.82, 2.24) is 4.98 Å². The highest BCUT2D eigenvalue weighted by atomic mass is 79.9. The number of carbonyl (C=O) groups excluding carboxylic acids is 1. The second-order valence-corrected chi connectivity index (χ2v) is 5.60. The van der Waals surface area contributed by atoms with Crippen molar-refractivity contribution in [3.63, 3.8) is 0 Å². The van der Waals surface area contributed by atoms with Crippen molar-refractivity contribution in [2.45, 2.75) is 0 Å². The number of carbonyl (C=O) groups is 1. The van der Waals surface area contributed by atoms with Gasteiger partial charge in [-0.2, -0.15) is 0 Å². The first-order chi connectivity index (χ1) is 10.2. The molecular weight excluding hydrogens is 416 g/mol. The third kappa shape index (κ3) is 3.11. The van der Waals surface area contributed by atoms with Gasteiger partial charge < -0.3 is 14.4 Å². The summed E-state index contributed by atoms with van der Waals surface area (Å²) in [5, 5.41) is 1.97. The smallest absolute Gasteiger partial charge is 0.358 e. The number of nitrogens with zero attached hydrogens (tertiary/aromatic N) is 2. The molecule has 1 aliphatic rings. The number of fused-ring (bicyclic) bond motifs is 1. The highest BCUT2D eigenvalue weighted by Gasteiger charge is 2.23. The number of halogens is 2. The number of hydrogen-bond donors (Lipinski definition) is 0. The largest absolute Gasteiger partial charge is 0.464 e. The molecule has 1 aliphatic heterocycles. The number of anilines is 1. The van der Waals surface area contributed by atoms with Crippen LogP contribution in [0.1, 0.15) is 10.5 Å². The first kappa shape index (κ1) is 17.2. The van der Waals surface area contributed by atoms with Gasteiger partial charge in [0.2, 0.25) is 0 Å². The molecule has 0 aliphatic carbocycles. The number of ether oxygens (including phenoxy) is 2. The minimum atomic E-state index is -0.418. The summed E-state index contributed by atoms with van der Waals surface area (Å²) in [7, 11) is 1.37. The molecule has 0 unspecified atom stereocenters. The third-order valence-electron chi connectivity index (χ3n) is 3.56. The number of benzene rings is 1. The molecule has 2 aromatic rings. The molecule has 5 nitrogen and oxygen atoms in total. The summed E-state index contributed by atoms with van der Waals surface area (Å²) in [4.78, 5) is 18.5. The minimum absolute atomic E-state index is 0. The maximum Gasteiger partial charge on any atom is 0.358 e. The first-order valence-electron chi connectivity index (χ1n) is 6.70. The molecule has 7 heteroatoms. The van der Waals surface area contributed by atoms with Crippen molar-refractivity contribution in [2.75, 3.05) is 38.3 Å². The van der Waals surface area contributed by atoms with Gasteiger partial charge in [-0.05, 0) is 6.07 Å². The fourth-order valence-corrected chi connectivity index (χ4v) is 3.01. The van der Waals surface area contributed by atoms with Crippen LogP contribution in [0.25, 0.3) is 10.8 Å². The molecule has 1 aromatic carbocycles. The fourth-order valence-electron chi connectivity index (χ4n) is 2.55. The van der Waals surface area contributed by atoms with Crippen LogP contribution in [-0.2, 0) is 9.47 Å². The Hall–Kier alpha value is -1.18. The standard InChI is InChI=1S/C15H15BrN2O3.BrH/c1-20-15(19)13-14(18-5-7-21-8-6-18)10-3-2-4-12(16)11(10)9-17-13;/h2-4,9H,5-8H2,1H3;1H. The van der Waals surface area contributed by atoms with Crippen LogP contribution in [0.3, 0.4) is 0 Å². The predicted octanol–water partition coefficient (Wildman–Crippen LogP) is 3.20. The second-order valence-electron chi connectivity index (χ2n) is 4.75. The zero-order valence-corrected chi connectivity index (χ0v) is 15.3. The lowest BCUT2D eigenvalue weighted by atomic mass is 10.1. The van der Waals surface area contributed by atoms with E-state index in [9.17, 15) is 4.79 Å². The van der Waals surface area contributed by atoms with Crippen LogP contribution in [0, 0.1) is 0 Å². The SMILES string of the molecule is Br.COC(=O)c1ncc2c(Br)cccc2c1N1CCOCC1. The van der Waals surface area contributed by atoms with Crippen LogP contribution < -0.4 is 4.90 Å². The molecule has 0 bridgehead atoms. The average molecular weight is 432 g/mol. The molecule has 1 saturated heterocycles. The van der Waals surface area contributed by atoms with Crippen molar-refractivity contribution < 1.29 is 14.3 Å². The van der Waals surface area contributed by atoms with Crippen LogP contribution in [0.15, 0.2) is 28.9 Å². The Bertz CT molecular complexity index is 688. The number of rotatable bonds is 2. The molecule has 1 fully saturated rings. The first-order valence-corrected chi connectivity index (χ1v) is 7.50. The Balaban J connectivity index is 0.00000176. The van der Waals surface area contributed by atoms with E-state index in [4.69, 9.17) is 9.47 Å². The molecule has 118 valence electrons. The molecular formula is C15H16Br2N2O3. The fraction of sp³-hybridized carbons (Fsp3) is 0.333. The van der Waals surface area contributed by atoms with E-state index in [-0.39, 0.29) is 17.0 Å².